The number of hydrogen-bond donors (Lipinski definition) is 1. The third-order valence-corrected chi connectivity index (χ3v) is 5.37. The molecule has 0 radical (unpaired) electrons. The largest absolute Gasteiger partial charge is 0.483 e. The summed E-state index contributed by atoms with van der Waals surface area (Å²) < 4.78 is 11.6. The number of likely N-dealkylation sites (tertiary alicyclic amines) is 1. The minimum atomic E-state index is -0.139. The van der Waals surface area contributed by atoms with Gasteiger partial charge in [-0.3, -0.25) is 4.79 Å². The van der Waals surface area contributed by atoms with E-state index in [0.717, 1.165) is 25.2 Å². The van der Waals surface area contributed by atoms with E-state index < -0.39 is 0 Å². The third kappa shape index (κ3) is 5.92. The molecule has 1 aromatic heterocycles. The number of nitrogens with zero attached hydrogens (tertiary/aromatic N) is 3. The summed E-state index contributed by atoms with van der Waals surface area (Å²) in [5, 5.41) is 11.2. The fourth-order valence-electron chi connectivity index (χ4n) is 3.71. The Morgan fingerprint density at radius 2 is 1.65 bits per heavy atom. The molecule has 1 aliphatic rings. The van der Waals surface area contributed by atoms with Crippen molar-refractivity contribution in [1.82, 2.24) is 20.4 Å². The molecule has 0 spiro atoms. The van der Waals surface area contributed by atoms with Crippen molar-refractivity contribution in [2.45, 2.75) is 25.7 Å². The standard InChI is InChI=1S/C24H28N4O3/c29-22(25-14-17-28-15-8-1-2-9-16-28)18-30-21-13-7-6-12-20(21)24-27-26-23(31-24)19-10-4-3-5-11-19/h3-7,10-13H,1-2,8-9,14-18H2,(H,25,29). The van der Waals surface area contributed by atoms with Crippen molar-refractivity contribution < 1.29 is 13.9 Å². The van der Waals surface area contributed by atoms with Gasteiger partial charge in [-0.25, -0.2) is 0 Å². The Morgan fingerprint density at radius 1 is 0.935 bits per heavy atom. The van der Waals surface area contributed by atoms with Crippen LogP contribution in [0.5, 0.6) is 5.75 Å². The molecule has 31 heavy (non-hydrogen) atoms. The molecule has 2 aromatic carbocycles. The smallest absolute Gasteiger partial charge is 0.257 e. The molecule has 1 aliphatic heterocycles. The lowest BCUT2D eigenvalue weighted by Gasteiger charge is -2.19. The van der Waals surface area contributed by atoms with Gasteiger partial charge in [-0.15, -0.1) is 10.2 Å². The molecule has 1 N–H and O–H groups in total. The molecule has 3 aromatic rings. The monoisotopic (exact) mass is 420 g/mol. The lowest BCUT2D eigenvalue weighted by molar-refractivity contribution is -0.123. The van der Waals surface area contributed by atoms with Crippen molar-refractivity contribution >= 4 is 5.91 Å². The molecule has 1 amide bonds. The van der Waals surface area contributed by atoms with Gasteiger partial charge in [-0.2, -0.15) is 0 Å². The molecule has 0 saturated carbocycles. The van der Waals surface area contributed by atoms with Crippen molar-refractivity contribution in [3.8, 4) is 28.7 Å². The van der Waals surface area contributed by atoms with Crippen LogP contribution in [-0.4, -0.2) is 53.8 Å². The van der Waals surface area contributed by atoms with E-state index in [2.05, 4.69) is 20.4 Å². The van der Waals surface area contributed by atoms with Gasteiger partial charge in [-0.05, 0) is 50.2 Å². The first-order valence-electron chi connectivity index (χ1n) is 10.9. The molecule has 0 unspecified atom stereocenters. The lowest BCUT2D eigenvalue weighted by atomic mass is 10.2. The quantitative estimate of drug-likeness (QED) is 0.597. The van der Waals surface area contributed by atoms with Gasteiger partial charge in [0.15, 0.2) is 6.61 Å². The van der Waals surface area contributed by atoms with Crippen molar-refractivity contribution in [2.24, 2.45) is 0 Å². The average Bonchev–Trinajstić information content (AvgIpc) is 3.16. The summed E-state index contributed by atoms with van der Waals surface area (Å²) in [5.41, 5.74) is 1.51. The first-order chi connectivity index (χ1) is 15.3. The van der Waals surface area contributed by atoms with E-state index in [1.165, 1.54) is 25.7 Å². The van der Waals surface area contributed by atoms with Crippen molar-refractivity contribution in [2.75, 3.05) is 32.8 Å². The number of para-hydroxylation sites is 1. The molecule has 2 heterocycles. The van der Waals surface area contributed by atoms with Gasteiger partial charge in [0.25, 0.3) is 11.8 Å². The number of carbonyl (C=O) groups is 1. The Balaban J connectivity index is 1.32. The van der Waals surface area contributed by atoms with Crippen molar-refractivity contribution in [1.29, 1.82) is 0 Å². The zero-order chi connectivity index (χ0) is 21.3. The molecular formula is C24H28N4O3. The third-order valence-electron chi connectivity index (χ3n) is 5.37. The maximum atomic E-state index is 12.3. The van der Waals surface area contributed by atoms with Gasteiger partial charge >= 0.3 is 0 Å². The molecule has 0 atom stereocenters. The van der Waals surface area contributed by atoms with Crippen LogP contribution in [0.2, 0.25) is 0 Å². The van der Waals surface area contributed by atoms with E-state index in [1.54, 1.807) is 6.07 Å². The highest BCUT2D eigenvalue weighted by atomic mass is 16.5. The lowest BCUT2D eigenvalue weighted by Crippen LogP contribution is -2.37. The second kappa shape index (κ2) is 10.7. The molecule has 7 heteroatoms. The van der Waals surface area contributed by atoms with E-state index in [1.807, 2.05) is 48.5 Å². The van der Waals surface area contributed by atoms with E-state index in [0.29, 0.717) is 29.6 Å². The average molecular weight is 421 g/mol. The van der Waals surface area contributed by atoms with Gasteiger partial charge in [0.2, 0.25) is 5.89 Å². The number of ether oxygens (including phenoxy) is 1. The highest BCUT2D eigenvalue weighted by Gasteiger charge is 2.15. The summed E-state index contributed by atoms with van der Waals surface area (Å²) >= 11 is 0. The summed E-state index contributed by atoms with van der Waals surface area (Å²) in [6.45, 7) is 3.70. The number of amides is 1. The van der Waals surface area contributed by atoms with E-state index in [-0.39, 0.29) is 12.5 Å². The van der Waals surface area contributed by atoms with Crippen molar-refractivity contribution in [3.05, 3.63) is 54.6 Å². The Hall–Kier alpha value is -3.19. The number of hydrogen-bond acceptors (Lipinski definition) is 6. The number of carbonyl (C=O) groups excluding carboxylic acids is 1. The van der Waals surface area contributed by atoms with Crippen LogP contribution >= 0.6 is 0 Å². The number of nitrogens with one attached hydrogen (secondary N) is 1. The van der Waals surface area contributed by atoms with Crippen LogP contribution in [-0.2, 0) is 4.79 Å². The molecule has 1 fully saturated rings. The second-order valence-electron chi connectivity index (χ2n) is 7.67. The van der Waals surface area contributed by atoms with Crippen LogP contribution in [0.15, 0.2) is 59.0 Å². The predicted molar refractivity (Wildman–Crippen MR) is 119 cm³/mol. The fourth-order valence-corrected chi connectivity index (χ4v) is 3.71. The zero-order valence-electron chi connectivity index (χ0n) is 17.6. The van der Waals surface area contributed by atoms with E-state index >= 15 is 0 Å². The Bertz CT molecular complexity index is 966. The maximum absolute atomic E-state index is 12.3. The summed E-state index contributed by atoms with van der Waals surface area (Å²) in [6.07, 6.45) is 5.11. The van der Waals surface area contributed by atoms with Gasteiger partial charge in [0.1, 0.15) is 5.75 Å². The van der Waals surface area contributed by atoms with Crippen LogP contribution < -0.4 is 10.1 Å². The van der Waals surface area contributed by atoms with Gasteiger partial charge < -0.3 is 19.4 Å². The van der Waals surface area contributed by atoms with Crippen LogP contribution in [0.1, 0.15) is 25.7 Å². The first kappa shape index (κ1) is 21.1. The van der Waals surface area contributed by atoms with Crippen LogP contribution in [0.25, 0.3) is 22.9 Å². The summed E-state index contributed by atoms with van der Waals surface area (Å²) in [4.78, 5) is 14.7. The topological polar surface area (TPSA) is 80.5 Å². The molecule has 0 aliphatic carbocycles. The molecular weight excluding hydrogens is 392 g/mol. The summed E-state index contributed by atoms with van der Waals surface area (Å²) in [6, 6.07) is 17.0. The number of benzene rings is 2. The molecule has 4 rings (SSSR count). The minimum absolute atomic E-state index is 0.0588. The maximum Gasteiger partial charge on any atom is 0.257 e. The highest BCUT2D eigenvalue weighted by molar-refractivity contribution is 5.78. The fraction of sp³-hybridized carbons (Fsp3) is 0.375. The van der Waals surface area contributed by atoms with Crippen molar-refractivity contribution in [3.63, 3.8) is 0 Å². The normalized spacial score (nSPS) is 14.7. The van der Waals surface area contributed by atoms with E-state index in [4.69, 9.17) is 9.15 Å². The molecule has 1 saturated heterocycles. The summed E-state index contributed by atoms with van der Waals surface area (Å²) in [5.74, 6) is 1.20. The summed E-state index contributed by atoms with van der Waals surface area (Å²) in [7, 11) is 0. The second-order valence-corrected chi connectivity index (χ2v) is 7.67. The van der Waals surface area contributed by atoms with Gasteiger partial charge in [0.05, 0.1) is 5.56 Å². The molecule has 162 valence electrons. The van der Waals surface area contributed by atoms with E-state index in [9.17, 15) is 4.79 Å². The zero-order valence-corrected chi connectivity index (χ0v) is 17.6. The first-order valence-corrected chi connectivity index (χ1v) is 10.9. The number of aromatic nitrogens is 2. The van der Waals surface area contributed by atoms with Crippen LogP contribution in [0.4, 0.5) is 0 Å². The predicted octanol–water partition coefficient (Wildman–Crippen LogP) is 3.77. The van der Waals surface area contributed by atoms with Gasteiger partial charge in [0, 0.05) is 18.7 Å². The van der Waals surface area contributed by atoms with Gasteiger partial charge in [-0.1, -0.05) is 43.2 Å². The van der Waals surface area contributed by atoms with Crippen LogP contribution in [0.3, 0.4) is 0 Å². The minimum Gasteiger partial charge on any atom is -0.483 e. The molecule has 7 nitrogen and oxygen atoms in total. The number of rotatable bonds is 8. The Kier molecular flexibility index (Phi) is 7.28. The molecule has 0 bridgehead atoms. The highest BCUT2D eigenvalue weighted by Crippen LogP contribution is 2.30. The Labute approximate surface area is 182 Å². The van der Waals surface area contributed by atoms with Crippen LogP contribution in [0, 0.1) is 0 Å². The SMILES string of the molecule is O=C(COc1ccccc1-c1nnc(-c2ccccc2)o1)NCCN1CCCCCC1. The Morgan fingerprint density at radius 3 is 2.45 bits per heavy atom.